The van der Waals surface area contributed by atoms with E-state index in [2.05, 4.69) is 0 Å². The molecular formula is C14H17ClFNO. The molecule has 1 aliphatic heterocycles. The van der Waals surface area contributed by atoms with Crippen LogP contribution in [0.25, 0.3) is 0 Å². The van der Waals surface area contributed by atoms with E-state index in [9.17, 15) is 4.39 Å². The molecule has 2 fully saturated rings. The largest absolute Gasteiger partial charge is 0.376 e. The highest BCUT2D eigenvalue weighted by Gasteiger charge is 2.48. The molecule has 1 heterocycles. The van der Waals surface area contributed by atoms with Crippen molar-refractivity contribution in [1.82, 2.24) is 0 Å². The molecule has 3 rings (SSSR count). The Morgan fingerprint density at radius 3 is 2.94 bits per heavy atom. The van der Waals surface area contributed by atoms with Crippen molar-refractivity contribution in [3.63, 3.8) is 0 Å². The minimum absolute atomic E-state index is 0.108. The Labute approximate surface area is 111 Å². The summed E-state index contributed by atoms with van der Waals surface area (Å²) in [5.41, 5.74) is 6.89. The molecule has 0 amide bonds. The lowest BCUT2D eigenvalue weighted by molar-refractivity contribution is 0.0626. The molecule has 1 aliphatic carbocycles. The Bertz CT molecular complexity index is 463. The molecule has 0 radical (unpaired) electrons. The van der Waals surface area contributed by atoms with Gasteiger partial charge in [0.2, 0.25) is 0 Å². The average molecular weight is 270 g/mol. The highest BCUT2D eigenvalue weighted by Crippen LogP contribution is 2.43. The van der Waals surface area contributed by atoms with Crippen LogP contribution in [0, 0.1) is 11.7 Å². The molecule has 0 spiro atoms. The number of benzene rings is 1. The van der Waals surface area contributed by atoms with E-state index in [0.29, 0.717) is 24.0 Å². The van der Waals surface area contributed by atoms with Crippen molar-refractivity contribution >= 4 is 11.6 Å². The zero-order valence-corrected chi connectivity index (χ0v) is 10.9. The molecule has 2 N–H and O–H groups in total. The minimum Gasteiger partial charge on any atom is -0.376 e. The van der Waals surface area contributed by atoms with E-state index in [1.165, 1.54) is 25.0 Å². The maximum atomic E-state index is 13.3. The first-order valence-corrected chi connectivity index (χ1v) is 6.81. The fourth-order valence-electron chi connectivity index (χ4n) is 2.91. The highest BCUT2D eigenvalue weighted by molar-refractivity contribution is 6.31. The molecule has 2 nitrogen and oxygen atoms in total. The van der Waals surface area contributed by atoms with Crippen molar-refractivity contribution in [3.8, 4) is 0 Å². The van der Waals surface area contributed by atoms with Crippen molar-refractivity contribution in [2.75, 3.05) is 6.61 Å². The van der Waals surface area contributed by atoms with Crippen LogP contribution in [0.4, 0.5) is 4.39 Å². The quantitative estimate of drug-likeness (QED) is 0.916. The van der Waals surface area contributed by atoms with E-state index in [4.69, 9.17) is 22.1 Å². The topological polar surface area (TPSA) is 35.2 Å². The van der Waals surface area contributed by atoms with Crippen LogP contribution in [0.5, 0.6) is 0 Å². The predicted molar refractivity (Wildman–Crippen MR) is 69.1 cm³/mol. The van der Waals surface area contributed by atoms with Crippen LogP contribution in [0.2, 0.25) is 5.02 Å². The second-order valence-electron chi connectivity index (χ2n) is 5.52. The fourth-order valence-corrected chi connectivity index (χ4v) is 3.10. The number of hydrogen-bond acceptors (Lipinski definition) is 2. The van der Waals surface area contributed by atoms with Gasteiger partial charge in [0.25, 0.3) is 0 Å². The van der Waals surface area contributed by atoms with E-state index >= 15 is 0 Å². The normalized spacial score (nSPS) is 31.8. The molecule has 1 aromatic carbocycles. The molecular weight excluding hydrogens is 253 g/mol. The molecule has 18 heavy (non-hydrogen) atoms. The summed E-state index contributed by atoms with van der Waals surface area (Å²) in [6, 6.07) is 4.45. The van der Waals surface area contributed by atoms with Crippen molar-refractivity contribution in [2.45, 2.75) is 37.3 Å². The van der Waals surface area contributed by atoms with Gasteiger partial charge in [0.15, 0.2) is 0 Å². The third kappa shape index (κ3) is 2.27. The van der Waals surface area contributed by atoms with Gasteiger partial charge in [0.1, 0.15) is 5.82 Å². The number of hydrogen-bond donors (Lipinski definition) is 1. The summed E-state index contributed by atoms with van der Waals surface area (Å²) >= 11 is 6.12. The maximum absolute atomic E-state index is 13.3. The van der Waals surface area contributed by atoms with Gasteiger partial charge in [-0.25, -0.2) is 4.39 Å². The van der Waals surface area contributed by atoms with Crippen LogP contribution in [-0.4, -0.2) is 18.2 Å². The van der Waals surface area contributed by atoms with Gasteiger partial charge in [0, 0.05) is 17.2 Å². The summed E-state index contributed by atoms with van der Waals surface area (Å²) in [7, 11) is 0. The van der Waals surface area contributed by atoms with E-state index in [1.807, 2.05) is 0 Å². The minimum atomic E-state index is -0.390. The Hall–Kier alpha value is -0.640. The van der Waals surface area contributed by atoms with Crippen LogP contribution in [0.3, 0.4) is 0 Å². The SMILES string of the molecule is NC1(Cc2cc(F)ccc2Cl)CCOC1C1CC1. The summed E-state index contributed by atoms with van der Waals surface area (Å²) in [6.45, 7) is 0.699. The molecule has 1 aromatic rings. The molecule has 2 unspecified atom stereocenters. The van der Waals surface area contributed by atoms with E-state index in [-0.39, 0.29) is 11.9 Å². The van der Waals surface area contributed by atoms with Crippen molar-refractivity contribution in [2.24, 2.45) is 11.7 Å². The molecule has 2 aliphatic rings. The number of ether oxygens (including phenoxy) is 1. The summed E-state index contributed by atoms with van der Waals surface area (Å²) in [5, 5.41) is 0.586. The van der Waals surface area contributed by atoms with Gasteiger partial charge in [-0.3, -0.25) is 0 Å². The van der Waals surface area contributed by atoms with Gasteiger partial charge in [-0.15, -0.1) is 0 Å². The van der Waals surface area contributed by atoms with Gasteiger partial charge in [-0.2, -0.15) is 0 Å². The third-order valence-electron chi connectivity index (χ3n) is 4.01. The molecule has 1 saturated carbocycles. The predicted octanol–water partition coefficient (Wildman–Crippen LogP) is 2.92. The lowest BCUT2D eigenvalue weighted by Gasteiger charge is -2.30. The van der Waals surface area contributed by atoms with Gasteiger partial charge in [-0.1, -0.05) is 11.6 Å². The van der Waals surface area contributed by atoms with Gasteiger partial charge in [0.05, 0.1) is 6.10 Å². The zero-order valence-electron chi connectivity index (χ0n) is 10.2. The van der Waals surface area contributed by atoms with E-state index in [1.54, 1.807) is 6.07 Å². The second kappa shape index (κ2) is 4.48. The lowest BCUT2D eigenvalue weighted by atomic mass is 9.83. The maximum Gasteiger partial charge on any atom is 0.123 e. The first kappa shape index (κ1) is 12.4. The molecule has 1 saturated heterocycles. The van der Waals surface area contributed by atoms with E-state index in [0.717, 1.165) is 12.0 Å². The molecule has 0 aromatic heterocycles. The summed E-state index contributed by atoms with van der Waals surface area (Å²) in [6.07, 6.45) is 3.91. The lowest BCUT2D eigenvalue weighted by Crippen LogP contribution is -2.50. The monoisotopic (exact) mass is 269 g/mol. The molecule has 2 atom stereocenters. The van der Waals surface area contributed by atoms with Gasteiger partial charge in [-0.05, 0) is 55.4 Å². The average Bonchev–Trinajstić information content (AvgIpc) is 3.08. The van der Waals surface area contributed by atoms with Crippen molar-refractivity contribution < 1.29 is 9.13 Å². The Morgan fingerprint density at radius 2 is 2.22 bits per heavy atom. The molecule has 0 bridgehead atoms. The Morgan fingerprint density at radius 1 is 1.44 bits per heavy atom. The first-order chi connectivity index (χ1) is 8.58. The number of nitrogens with two attached hydrogens (primary N) is 1. The number of halogens is 2. The van der Waals surface area contributed by atoms with Gasteiger partial charge >= 0.3 is 0 Å². The van der Waals surface area contributed by atoms with Gasteiger partial charge < -0.3 is 10.5 Å². The van der Waals surface area contributed by atoms with E-state index < -0.39 is 5.54 Å². The summed E-state index contributed by atoms with van der Waals surface area (Å²) in [5.74, 6) is 0.324. The van der Waals surface area contributed by atoms with Crippen LogP contribution < -0.4 is 5.73 Å². The van der Waals surface area contributed by atoms with Crippen molar-refractivity contribution in [3.05, 3.63) is 34.6 Å². The summed E-state index contributed by atoms with van der Waals surface area (Å²) in [4.78, 5) is 0. The van der Waals surface area contributed by atoms with Crippen LogP contribution in [0.1, 0.15) is 24.8 Å². The Balaban J connectivity index is 1.83. The van der Waals surface area contributed by atoms with Crippen LogP contribution in [-0.2, 0) is 11.2 Å². The summed E-state index contributed by atoms with van der Waals surface area (Å²) < 4.78 is 19.1. The smallest absolute Gasteiger partial charge is 0.123 e. The highest BCUT2D eigenvalue weighted by atomic mass is 35.5. The first-order valence-electron chi connectivity index (χ1n) is 6.43. The number of rotatable bonds is 3. The van der Waals surface area contributed by atoms with Crippen molar-refractivity contribution in [1.29, 1.82) is 0 Å². The molecule has 4 heteroatoms. The standard InChI is InChI=1S/C14H17ClFNO/c15-12-4-3-11(16)7-10(12)8-14(17)5-6-18-13(14)9-1-2-9/h3-4,7,9,13H,1-2,5-6,8,17H2. The zero-order chi connectivity index (χ0) is 12.8. The second-order valence-corrected chi connectivity index (χ2v) is 5.93. The van der Waals surface area contributed by atoms with Crippen LogP contribution >= 0.6 is 11.6 Å². The fraction of sp³-hybridized carbons (Fsp3) is 0.571. The Kier molecular flexibility index (Phi) is 3.08. The molecule has 98 valence electrons. The van der Waals surface area contributed by atoms with Crippen LogP contribution in [0.15, 0.2) is 18.2 Å². The third-order valence-corrected chi connectivity index (χ3v) is 4.38.